The fourth-order valence-electron chi connectivity index (χ4n) is 2.41. The Morgan fingerprint density at radius 3 is 2.22 bits per heavy atom. The highest BCUT2D eigenvalue weighted by Gasteiger charge is 2.31. The summed E-state index contributed by atoms with van der Waals surface area (Å²) in [6.07, 6.45) is 20.0. The van der Waals surface area contributed by atoms with Crippen molar-refractivity contribution in [3.8, 4) is 0 Å². The van der Waals surface area contributed by atoms with E-state index in [4.69, 9.17) is 0 Å². The first-order chi connectivity index (χ1) is 8.85. The third-order valence-corrected chi connectivity index (χ3v) is 3.54. The second-order valence-corrected chi connectivity index (χ2v) is 4.49. The number of allylic oxidation sites excluding steroid dienone is 4. The van der Waals surface area contributed by atoms with E-state index in [1.165, 1.54) is 5.57 Å². The second kappa shape index (κ2) is 4.29. The zero-order chi connectivity index (χ0) is 12.4. The van der Waals surface area contributed by atoms with Crippen LogP contribution >= 0.6 is 0 Å². The van der Waals surface area contributed by atoms with Crippen molar-refractivity contribution in [2.45, 2.75) is 25.4 Å². The van der Waals surface area contributed by atoms with Crippen LogP contribution in [0.4, 0.5) is 0 Å². The molecule has 0 amide bonds. The van der Waals surface area contributed by atoms with Gasteiger partial charge in [-0.1, -0.05) is 24.6 Å². The van der Waals surface area contributed by atoms with E-state index in [2.05, 4.69) is 44.3 Å². The van der Waals surface area contributed by atoms with Gasteiger partial charge in [-0.25, -0.2) is 9.97 Å². The Bertz CT molecular complexity index is 527. The summed E-state index contributed by atoms with van der Waals surface area (Å²) in [6.45, 7) is 2.18. The van der Waals surface area contributed by atoms with Crippen molar-refractivity contribution in [1.29, 1.82) is 0 Å². The molecule has 0 N–H and O–H groups in total. The van der Waals surface area contributed by atoms with Gasteiger partial charge in [-0.05, 0) is 12.5 Å². The van der Waals surface area contributed by atoms with Crippen LogP contribution in [0.2, 0.25) is 0 Å². The zero-order valence-electron chi connectivity index (χ0n) is 10.4. The number of hydrogen-bond donors (Lipinski definition) is 0. The zero-order valence-corrected chi connectivity index (χ0v) is 10.4. The average molecular weight is 240 g/mol. The van der Waals surface area contributed by atoms with Crippen LogP contribution in [0.1, 0.15) is 19.8 Å². The normalized spacial score (nSPS) is 17.7. The van der Waals surface area contributed by atoms with E-state index in [0.717, 1.165) is 12.8 Å². The van der Waals surface area contributed by atoms with E-state index in [0.29, 0.717) is 0 Å². The van der Waals surface area contributed by atoms with E-state index in [-0.39, 0.29) is 5.66 Å². The molecule has 0 radical (unpaired) electrons. The predicted octanol–water partition coefficient (Wildman–Crippen LogP) is 2.58. The Kier molecular flexibility index (Phi) is 2.63. The molecule has 0 unspecified atom stereocenters. The smallest absolute Gasteiger partial charge is 0.145 e. The van der Waals surface area contributed by atoms with Crippen LogP contribution in [-0.2, 0) is 5.66 Å². The van der Waals surface area contributed by atoms with Crippen molar-refractivity contribution in [2.24, 2.45) is 0 Å². The first-order valence-electron chi connectivity index (χ1n) is 6.20. The molecule has 0 atom stereocenters. The van der Waals surface area contributed by atoms with Gasteiger partial charge in [0, 0.05) is 31.2 Å². The molecule has 92 valence electrons. The van der Waals surface area contributed by atoms with E-state index in [1.54, 1.807) is 0 Å². The van der Waals surface area contributed by atoms with Crippen LogP contribution < -0.4 is 0 Å². The number of nitrogens with zero attached hydrogens (tertiary/aromatic N) is 4. The quantitative estimate of drug-likeness (QED) is 0.826. The summed E-state index contributed by atoms with van der Waals surface area (Å²) >= 11 is 0. The average Bonchev–Trinajstić information content (AvgIpc) is 3.12. The topological polar surface area (TPSA) is 35.6 Å². The van der Waals surface area contributed by atoms with Gasteiger partial charge in [0.05, 0.1) is 12.7 Å². The van der Waals surface area contributed by atoms with Crippen molar-refractivity contribution >= 4 is 0 Å². The number of aromatic nitrogens is 4. The lowest BCUT2D eigenvalue weighted by Crippen LogP contribution is -2.38. The highest BCUT2D eigenvalue weighted by Crippen LogP contribution is 2.31. The monoisotopic (exact) mass is 240 g/mol. The minimum atomic E-state index is -0.244. The molecule has 1 aliphatic rings. The predicted molar refractivity (Wildman–Crippen MR) is 70.0 cm³/mol. The maximum absolute atomic E-state index is 4.17. The molecule has 2 aromatic rings. The lowest BCUT2D eigenvalue weighted by atomic mass is 9.95. The van der Waals surface area contributed by atoms with Crippen LogP contribution in [0, 0.1) is 0 Å². The molecule has 0 bridgehead atoms. The van der Waals surface area contributed by atoms with Gasteiger partial charge in [0.15, 0.2) is 0 Å². The summed E-state index contributed by atoms with van der Waals surface area (Å²) in [6, 6.07) is 0. The Labute approximate surface area is 106 Å². The molecule has 0 aromatic carbocycles. The summed E-state index contributed by atoms with van der Waals surface area (Å²) in [5.41, 5.74) is 1.14. The number of hydrogen-bond acceptors (Lipinski definition) is 2. The minimum absolute atomic E-state index is 0.244. The van der Waals surface area contributed by atoms with Gasteiger partial charge >= 0.3 is 0 Å². The summed E-state index contributed by atoms with van der Waals surface area (Å²) in [5, 5.41) is 0. The van der Waals surface area contributed by atoms with Crippen molar-refractivity contribution in [2.75, 3.05) is 0 Å². The molecule has 4 heteroatoms. The minimum Gasteiger partial charge on any atom is -0.310 e. The molecule has 0 fully saturated rings. The largest absolute Gasteiger partial charge is 0.310 e. The second-order valence-electron chi connectivity index (χ2n) is 4.49. The molecule has 1 aliphatic carbocycles. The summed E-state index contributed by atoms with van der Waals surface area (Å²) in [4.78, 5) is 8.33. The van der Waals surface area contributed by atoms with Gasteiger partial charge in [0.2, 0.25) is 0 Å². The van der Waals surface area contributed by atoms with Crippen LogP contribution in [0.3, 0.4) is 0 Å². The Hall–Kier alpha value is -2.10. The third kappa shape index (κ3) is 1.61. The first-order valence-corrected chi connectivity index (χ1v) is 6.20. The maximum Gasteiger partial charge on any atom is 0.145 e. The van der Waals surface area contributed by atoms with Crippen molar-refractivity contribution in [3.05, 3.63) is 61.2 Å². The van der Waals surface area contributed by atoms with Crippen molar-refractivity contribution < 1.29 is 0 Å². The molecular weight excluding hydrogens is 224 g/mol. The highest BCUT2D eigenvalue weighted by molar-refractivity contribution is 5.28. The van der Waals surface area contributed by atoms with Gasteiger partial charge in [-0.3, -0.25) is 0 Å². The molecule has 2 aromatic heterocycles. The Morgan fingerprint density at radius 2 is 1.83 bits per heavy atom. The molecule has 0 aliphatic heterocycles. The van der Waals surface area contributed by atoms with E-state index in [1.807, 2.05) is 37.4 Å². The summed E-state index contributed by atoms with van der Waals surface area (Å²) in [5.74, 6) is 0. The molecule has 4 nitrogen and oxygen atoms in total. The molecule has 3 rings (SSSR count). The van der Waals surface area contributed by atoms with E-state index >= 15 is 0 Å². The van der Waals surface area contributed by atoms with Gasteiger partial charge < -0.3 is 9.13 Å². The third-order valence-electron chi connectivity index (χ3n) is 3.54. The fraction of sp³-hybridized carbons (Fsp3) is 0.286. The van der Waals surface area contributed by atoms with Gasteiger partial charge in [-0.15, -0.1) is 0 Å². The van der Waals surface area contributed by atoms with Gasteiger partial charge in [0.1, 0.15) is 5.66 Å². The maximum atomic E-state index is 4.17. The lowest BCUT2D eigenvalue weighted by molar-refractivity contribution is 0.304. The van der Waals surface area contributed by atoms with Crippen LogP contribution in [0.5, 0.6) is 0 Å². The number of rotatable bonds is 3. The van der Waals surface area contributed by atoms with E-state index in [9.17, 15) is 0 Å². The molecule has 0 saturated carbocycles. The lowest BCUT2D eigenvalue weighted by Gasteiger charge is -2.35. The number of imidazole rings is 2. The van der Waals surface area contributed by atoms with Crippen LogP contribution in [-0.4, -0.2) is 19.1 Å². The Balaban J connectivity index is 2.08. The van der Waals surface area contributed by atoms with Crippen LogP contribution in [0.25, 0.3) is 0 Å². The summed E-state index contributed by atoms with van der Waals surface area (Å²) in [7, 11) is 0. The molecular formula is C14H16N4. The van der Waals surface area contributed by atoms with Crippen molar-refractivity contribution in [1.82, 2.24) is 19.1 Å². The summed E-state index contributed by atoms with van der Waals surface area (Å²) < 4.78 is 4.24. The standard InChI is InChI=1S/C14H16N4/c1-2-13-3-5-14(6-4-13,17-9-7-15-11-17)18-10-8-16-12-18/h3-5,7-12H,2,6H2,1H3. The van der Waals surface area contributed by atoms with Gasteiger partial charge in [0.25, 0.3) is 0 Å². The fourth-order valence-corrected chi connectivity index (χ4v) is 2.41. The molecule has 0 saturated heterocycles. The Morgan fingerprint density at radius 1 is 1.17 bits per heavy atom. The van der Waals surface area contributed by atoms with Gasteiger partial charge in [-0.2, -0.15) is 0 Å². The van der Waals surface area contributed by atoms with Crippen molar-refractivity contribution in [3.63, 3.8) is 0 Å². The molecule has 0 spiro atoms. The van der Waals surface area contributed by atoms with E-state index < -0.39 is 0 Å². The molecule has 18 heavy (non-hydrogen) atoms. The highest BCUT2D eigenvalue weighted by atomic mass is 15.3. The molecule has 2 heterocycles. The van der Waals surface area contributed by atoms with Crippen LogP contribution in [0.15, 0.2) is 61.2 Å². The first kappa shape index (κ1) is 11.0. The SMILES string of the molecule is CCC1=CCC(n2ccnc2)(n2ccnc2)C=C1.